The van der Waals surface area contributed by atoms with E-state index in [1.165, 1.54) is 11.3 Å². The zero-order valence-electron chi connectivity index (χ0n) is 16.5. The maximum Gasteiger partial charge on any atom is 0.265 e. The summed E-state index contributed by atoms with van der Waals surface area (Å²) in [4.78, 5) is 29.0. The standard InChI is InChI=1S/C22H18N4O4S/c1-14-23-21(26-30-14)15-4-10-18(11-5-15)29-13-20(27)24-16-6-8-17(9-7-16)25-22(28)19-3-2-12-31-19/h2-12H,13H2,1H3,(H,24,27)(H,25,28). The number of nitrogens with zero attached hydrogens (tertiary/aromatic N) is 2. The van der Waals surface area contributed by atoms with Gasteiger partial charge >= 0.3 is 0 Å². The molecule has 0 aliphatic heterocycles. The van der Waals surface area contributed by atoms with E-state index in [2.05, 4.69) is 20.8 Å². The van der Waals surface area contributed by atoms with Gasteiger partial charge in [-0.1, -0.05) is 11.2 Å². The van der Waals surface area contributed by atoms with Crippen molar-refractivity contribution in [2.24, 2.45) is 0 Å². The minimum Gasteiger partial charge on any atom is -0.484 e. The van der Waals surface area contributed by atoms with Gasteiger partial charge in [-0.05, 0) is 60.0 Å². The summed E-state index contributed by atoms with van der Waals surface area (Å²) >= 11 is 1.37. The van der Waals surface area contributed by atoms with Gasteiger partial charge in [0.15, 0.2) is 6.61 Å². The predicted molar refractivity (Wildman–Crippen MR) is 117 cm³/mol. The van der Waals surface area contributed by atoms with E-state index in [0.29, 0.717) is 33.7 Å². The number of aromatic nitrogens is 2. The Bertz CT molecular complexity index is 1170. The number of nitrogens with one attached hydrogen (secondary N) is 2. The van der Waals surface area contributed by atoms with Crippen LogP contribution in [-0.2, 0) is 4.79 Å². The molecule has 0 fully saturated rings. The summed E-state index contributed by atoms with van der Waals surface area (Å²) in [5, 5.41) is 11.3. The van der Waals surface area contributed by atoms with Gasteiger partial charge in [-0.25, -0.2) is 0 Å². The average molecular weight is 434 g/mol. The largest absolute Gasteiger partial charge is 0.484 e. The minimum absolute atomic E-state index is 0.141. The van der Waals surface area contributed by atoms with E-state index in [1.54, 1.807) is 61.5 Å². The van der Waals surface area contributed by atoms with Crippen molar-refractivity contribution < 1.29 is 18.8 Å². The number of ether oxygens (including phenoxy) is 1. The molecule has 0 bridgehead atoms. The number of thiophene rings is 1. The topological polar surface area (TPSA) is 106 Å². The van der Waals surface area contributed by atoms with Crippen LogP contribution in [0.3, 0.4) is 0 Å². The van der Waals surface area contributed by atoms with E-state index in [1.807, 2.05) is 11.4 Å². The molecule has 0 aliphatic carbocycles. The zero-order chi connectivity index (χ0) is 21.6. The number of hydrogen-bond acceptors (Lipinski definition) is 7. The van der Waals surface area contributed by atoms with Crippen LogP contribution in [-0.4, -0.2) is 28.6 Å². The Balaban J connectivity index is 1.26. The first-order valence-corrected chi connectivity index (χ1v) is 10.2. The molecule has 0 radical (unpaired) electrons. The lowest BCUT2D eigenvalue weighted by Gasteiger charge is -2.09. The lowest BCUT2D eigenvalue weighted by molar-refractivity contribution is -0.118. The van der Waals surface area contributed by atoms with Gasteiger partial charge in [-0.2, -0.15) is 4.98 Å². The Hall–Kier alpha value is -3.98. The number of benzene rings is 2. The summed E-state index contributed by atoms with van der Waals surface area (Å²) < 4.78 is 10.5. The van der Waals surface area contributed by atoms with Crippen molar-refractivity contribution in [1.29, 1.82) is 0 Å². The number of carbonyl (C=O) groups is 2. The van der Waals surface area contributed by atoms with Crippen LogP contribution in [0.25, 0.3) is 11.4 Å². The second-order valence-corrected chi connectivity index (χ2v) is 7.45. The first kappa shape index (κ1) is 20.3. The molecular weight excluding hydrogens is 416 g/mol. The molecule has 4 aromatic rings. The van der Waals surface area contributed by atoms with E-state index >= 15 is 0 Å². The van der Waals surface area contributed by atoms with Crippen molar-refractivity contribution in [1.82, 2.24) is 10.1 Å². The molecule has 31 heavy (non-hydrogen) atoms. The fourth-order valence-corrected chi connectivity index (χ4v) is 3.32. The van der Waals surface area contributed by atoms with E-state index in [-0.39, 0.29) is 18.4 Å². The maximum atomic E-state index is 12.2. The minimum atomic E-state index is -0.298. The summed E-state index contributed by atoms with van der Waals surface area (Å²) in [5.74, 6) is 1.07. The highest BCUT2D eigenvalue weighted by Gasteiger charge is 2.09. The Morgan fingerprint density at radius 3 is 2.32 bits per heavy atom. The molecule has 0 atom stereocenters. The van der Waals surface area contributed by atoms with Crippen LogP contribution < -0.4 is 15.4 Å². The summed E-state index contributed by atoms with van der Waals surface area (Å²) in [6, 6.07) is 17.5. The molecule has 156 valence electrons. The quantitative estimate of drug-likeness (QED) is 0.447. The third kappa shape index (κ3) is 5.34. The molecule has 0 saturated carbocycles. The van der Waals surface area contributed by atoms with E-state index in [0.717, 1.165) is 5.56 Å². The van der Waals surface area contributed by atoms with Crippen LogP contribution in [0.15, 0.2) is 70.6 Å². The number of hydrogen-bond donors (Lipinski definition) is 2. The molecule has 2 aromatic carbocycles. The van der Waals surface area contributed by atoms with Gasteiger partial charge in [-0.3, -0.25) is 9.59 Å². The summed E-state index contributed by atoms with van der Waals surface area (Å²) in [6.07, 6.45) is 0. The third-order valence-corrected chi connectivity index (χ3v) is 5.05. The molecule has 0 aliphatic rings. The first-order chi connectivity index (χ1) is 15.1. The van der Waals surface area contributed by atoms with E-state index in [4.69, 9.17) is 9.26 Å². The van der Waals surface area contributed by atoms with Crippen LogP contribution in [0.2, 0.25) is 0 Å². The van der Waals surface area contributed by atoms with Crippen molar-refractivity contribution in [3.63, 3.8) is 0 Å². The molecule has 2 N–H and O–H groups in total. The monoisotopic (exact) mass is 434 g/mol. The highest BCUT2D eigenvalue weighted by Crippen LogP contribution is 2.20. The van der Waals surface area contributed by atoms with Crippen molar-refractivity contribution in [2.45, 2.75) is 6.92 Å². The Morgan fingerprint density at radius 1 is 1.00 bits per heavy atom. The van der Waals surface area contributed by atoms with Gasteiger partial charge in [0.1, 0.15) is 5.75 Å². The lowest BCUT2D eigenvalue weighted by atomic mass is 10.2. The van der Waals surface area contributed by atoms with Gasteiger partial charge in [0.05, 0.1) is 4.88 Å². The third-order valence-electron chi connectivity index (χ3n) is 4.18. The van der Waals surface area contributed by atoms with Crippen molar-refractivity contribution in [3.05, 3.63) is 76.8 Å². The average Bonchev–Trinajstić information content (AvgIpc) is 3.46. The second-order valence-electron chi connectivity index (χ2n) is 6.51. The fourth-order valence-electron chi connectivity index (χ4n) is 2.70. The summed E-state index contributed by atoms with van der Waals surface area (Å²) in [5.41, 5.74) is 2.04. The highest BCUT2D eigenvalue weighted by atomic mass is 32.1. The van der Waals surface area contributed by atoms with Crippen LogP contribution in [0, 0.1) is 6.92 Å². The second kappa shape index (κ2) is 9.23. The van der Waals surface area contributed by atoms with Gasteiger partial charge in [0, 0.05) is 23.9 Å². The molecular formula is C22H18N4O4S. The number of amides is 2. The van der Waals surface area contributed by atoms with Crippen molar-refractivity contribution in [3.8, 4) is 17.1 Å². The van der Waals surface area contributed by atoms with E-state index in [9.17, 15) is 9.59 Å². The summed E-state index contributed by atoms with van der Waals surface area (Å²) in [7, 11) is 0. The number of anilines is 2. The Kier molecular flexibility index (Phi) is 6.04. The SMILES string of the molecule is Cc1nc(-c2ccc(OCC(=O)Nc3ccc(NC(=O)c4cccs4)cc3)cc2)no1. The number of rotatable bonds is 7. The molecule has 0 saturated heterocycles. The zero-order valence-corrected chi connectivity index (χ0v) is 17.3. The molecule has 2 aromatic heterocycles. The van der Waals surface area contributed by atoms with Gasteiger partial charge in [-0.15, -0.1) is 11.3 Å². The van der Waals surface area contributed by atoms with Crippen molar-refractivity contribution >= 4 is 34.5 Å². The van der Waals surface area contributed by atoms with Crippen LogP contribution in [0.4, 0.5) is 11.4 Å². The van der Waals surface area contributed by atoms with Crippen LogP contribution in [0.5, 0.6) is 5.75 Å². The molecule has 8 nitrogen and oxygen atoms in total. The summed E-state index contributed by atoms with van der Waals surface area (Å²) in [6.45, 7) is 1.58. The highest BCUT2D eigenvalue weighted by molar-refractivity contribution is 7.12. The first-order valence-electron chi connectivity index (χ1n) is 9.35. The smallest absolute Gasteiger partial charge is 0.265 e. The van der Waals surface area contributed by atoms with Gasteiger partial charge in [0.2, 0.25) is 11.7 Å². The Labute approximate surface area is 181 Å². The molecule has 4 rings (SSSR count). The molecule has 0 spiro atoms. The molecule has 9 heteroatoms. The van der Waals surface area contributed by atoms with Gasteiger partial charge < -0.3 is 19.9 Å². The lowest BCUT2D eigenvalue weighted by Crippen LogP contribution is -2.20. The molecule has 0 unspecified atom stereocenters. The predicted octanol–water partition coefficient (Wildman–Crippen LogP) is 4.38. The molecule has 2 heterocycles. The fraction of sp³-hybridized carbons (Fsp3) is 0.0909. The normalized spacial score (nSPS) is 10.5. The Morgan fingerprint density at radius 2 is 1.71 bits per heavy atom. The van der Waals surface area contributed by atoms with E-state index < -0.39 is 0 Å². The maximum absolute atomic E-state index is 12.2. The van der Waals surface area contributed by atoms with Crippen LogP contribution in [0.1, 0.15) is 15.6 Å². The van der Waals surface area contributed by atoms with Crippen LogP contribution >= 0.6 is 11.3 Å². The molecule has 2 amide bonds. The van der Waals surface area contributed by atoms with Gasteiger partial charge in [0.25, 0.3) is 11.8 Å². The van der Waals surface area contributed by atoms with Crippen molar-refractivity contribution in [2.75, 3.05) is 17.2 Å². The number of carbonyl (C=O) groups excluding carboxylic acids is 2. The number of aryl methyl sites for hydroxylation is 1.